The molecule has 1 aromatic carbocycles. The smallest absolute Gasteiger partial charge is 0.334 e. The molecule has 1 atom stereocenters. The van der Waals surface area contributed by atoms with Crippen molar-refractivity contribution in [1.82, 2.24) is 0 Å². The molecule has 1 fully saturated rings. The summed E-state index contributed by atoms with van der Waals surface area (Å²) >= 11 is 0. The van der Waals surface area contributed by atoms with Crippen molar-refractivity contribution in [1.29, 1.82) is 0 Å². The Kier molecular flexibility index (Phi) is 8.71. The van der Waals surface area contributed by atoms with Gasteiger partial charge in [-0.1, -0.05) is 64.1 Å². The molecule has 1 N–H and O–H groups in total. The summed E-state index contributed by atoms with van der Waals surface area (Å²) in [4.78, 5) is 12.4. The van der Waals surface area contributed by atoms with E-state index in [1.807, 2.05) is 36.4 Å². The van der Waals surface area contributed by atoms with Crippen molar-refractivity contribution in [3.63, 3.8) is 0 Å². The number of carbonyl (C=O) groups is 1. The first-order valence-corrected chi connectivity index (χ1v) is 10.5. The molecule has 4 nitrogen and oxygen atoms in total. The van der Waals surface area contributed by atoms with E-state index in [2.05, 4.69) is 27.7 Å². The fraction of sp³-hybridized carbons (Fsp3) is 0.625. The van der Waals surface area contributed by atoms with Crippen LogP contribution in [-0.4, -0.2) is 29.9 Å². The van der Waals surface area contributed by atoms with Gasteiger partial charge in [0.15, 0.2) is 5.60 Å². The molecular weight excluding hydrogens is 352 g/mol. The van der Waals surface area contributed by atoms with E-state index in [0.717, 1.165) is 24.8 Å². The van der Waals surface area contributed by atoms with E-state index in [0.29, 0.717) is 36.4 Å². The van der Waals surface area contributed by atoms with Gasteiger partial charge in [0, 0.05) is 12.0 Å². The number of aliphatic hydroxyl groups excluding tert-OH is 1. The number of hydrogen-bond donors (Lipinski definition) is 1. The van der Waals surface area contributed by atoms with Crippen molar-refractivity contribution in [2.24, 2.45) is 17.8 Å². The average molecular weight is 389 g/mol. The lowest BCUT2D eigenvalue weighted by atomic mass is 9.86. The summed E-state index contributed by atoms with van der Waals surface area (Å²) in [6.45, 7) is 9.37. The molecule has 0 aliphatic carbocycles. The average Bonchev–Trinajstić information content (AvgIpc) is 2.96. The predicted octanol–water partition coefficient (Wildman–Crippen LogP) is 4.91. The second-order valence-corrected chi connectivity index (χ2v) is 8.98. The fourth-order valence-electron chi connectivity index (χ4n) is 3.95. The highest BCUT2D eigenvalue weighted by Gasteiger charge is 2.43. The van der Waals surface area contributed by atoms with Gasteiger partial charge in [0.25, 0.3) is 0 Å². The maximum Gasteiger partial charge on any atom is 0.334 e. The predicted molar refractivity (Wildman–Crippen MR) is 112 cm³/mol. The van der Waals surface area contributed by atoms with Gasteiger partial charge in [-0.05, 0) is 42.6 Å². The largest absolute Gasteiger partial charge is 0.450 e. The third kappa shape index (κ3) is 7.06. The molecule has 0 spiro atoms. The summed E-state index contributed by atoms with van der Waals surface area (Å²) in [5.41, 5.74) is 0.777. The molecule has 2 rings (SSSR count). The van der Waals surface area contributed by atoms with Gasteiger partial charge in [0.05, 0.1) is 19.8 Å². The first kappa shape index (κ1) is 22.6. The number of aliphatic hydroxyl groups is 1. The molecule has 1 saturated heterocycles. The molecule has 1 heterocycles. The van der Waals surface area contributed by atoms with Crippen LogP contribution in [0.2, 0.25) is 0 Å². The number of carbonyl (C=O) groups excluding carboxylic acids is 1. The fourth-order valence-corrected chi connectivity index (χ4v) is 3.95. The van der Waals surface area contributed by atoms with Crippen molar-refractivity contribution >= 4 is 5.97 Å². The maximum atomic E-state index is 12.4. The molecule has 1 aromatic rings. The Hall–Kier alpha value is -1.65. The number of benzene rings is 1. The minimum atomic E-state index is -0.955. The normalized spacial score (nSPS) is 21.3. The lowest BCUT2D eigenvalue weighted by Crippen LogP contribution is -2.38. The van der Waals surface area contributed by atoms with Crippen LogP contribution in [0.25, 0.3) is 0 Å². The number of hydrogen-bond acceptors (Lipinski definition) is 4. The first-order chi connectivity index (χ1) is 13.3. The van der Waals surface area contributed by atoms with E-state index in [9.17, 15) is 9.90 Å². The number of cyclic esters (lactones) is 1. The molecule has 0 saturated carbocycles. The molecule has 0 amide bonds. The highest BCUT2D eigenvalue weighted by molar-refractivity contribution is 5.91. The van der Waals surface area contributed by atoms with Crippen LogP contribution in [0.3, 0.4) is 0 Å². The molecule has 28 heavy (non-hydrogen) atoms. The number of allylic oxidation sites excluding steroid dienone is 1. The van der Waals surface area contributed by atoms with Gasteiger partial charge in [0.1, 0.15) is 0 Å². The Morgan fingerprint density at radius 2 is 1.79 bits per heavy atom. The molecule has 156 valence electrons. The number of esters is 1. The van der Waals surface area contributed by atoms with Gasteiger partial charge in [-0.15, -0.1) is 0 Å². The van der Waals surface area contributed by atoms with Crippen LogP contribution < -0.4 is 0 Å². The van der Waals surface area contributed by atoms with Crippen LogP contribution in [0.4, 0.5) is 0 Å². The summed E-state index contributed by atoms with van der Waals surface area (Å²) < 4.78 is 11.3. The zero-order valence-electron chi connectivity index (χ0n) is 17.8. The number of ether oxygens (including phenoxy) is 2. The molecule has 0 radical (unpaired) electrons. The van der Waals surface area contributed by atoms with Crippen LogP contribution in [0.15, 0.2) is 42.0 Å². The van der Waals surface area contributed by atoms with Crippen LogP contribution in [0.5, 0.6) is 0 Å². The Bertz CT molecular complexity index is 625. The lowest BCUT2D eigenvalue weighted by molar-refractivity contribution is -0.157. The highest BCUT2D eigenvalue weighted by Crippen LogP contribution is 2.33. The molecule has 0 aromatic heterocycles. The Morgan fingerprint density at radius 3 is 2.36 bits per heavy atom. The molecular formula is C24H36O4. The Labute approximate surface area is 169 Å². The van der Waals surface area contributed by atoms with Crippen LogP contribution in [0.1, 0.15) is 58.9 Å². The van der Waals surface area contributed by atoms with E-state index in [-0.39, 0.29) is 19.2 Å². The summed E-state index contributed by atoms with van der Waals surface area (Å²) in [5, 5.41) is 9.88. The minimum absolute atomic E-state index is 0.197. The van der Waals surface area contributed by atoms with Gasteiger partial charge in [-0.25, -0.2) is 4.79 Å². The van der Waals surface area contributed by atoms with Crippen molar-refractivity contribution in [2.75, 3.05) is 13.2 Å². The van der Waals surface area contributed by atoms with E-state index >= 15 is 0 Å². The summed E-state index contributed by atoms with van der Waals surface area (Å²) in [6.07, 6.45) is 5.64. The minimum Gasteiger partial charge on any atom is -0.450 e. The summed E-state index contributed by atoms with van der Waals surface area (Å²) in [6, 6.07) is 9.85. The second-order valence-electron chi connectivity index (χ2n) is 8.98. The van der Waals surface area contributed by atoms with E-state index < -0.39 is 5.60 Å². The van der Waals surface area contributed by atoms with Crippen molar-refractivity contribution in [2.45, 2.75) is 65.6 Å². The Balaban J connectivity index is 1.95. The standard InChI is InChI=1S/C24H36O4/c1-18(2)12-21(13-19(3)4)10-11-22-14-24(16-25,28-23(22)26)17-27-15-20-8-6-5-7-9-20/h5-9,11,18-19,21,25H,10,12-17H2,1-4H3/b22-11-/t24-/m0/s1. The second kappa shape index (κ2) is 10.8. The van der Waals surface area contributed by atoms with Crippen molar-refractivity contribution in [3.8, 4) is 0 Å². The molecule has 0 bridgehead atoms. The SMILES string of the molecule is CC(C)CC(C/C=C1/C[C@](CO)(COCc2ccccc2)OC1=O)CC(C)C. The summed E-state index contributed by atoms with van der Waals surface area (Å²) in [5.74, 6) is 1.53. The van der Waals surface area contributed by atoms with Crippen molar-refractivity contribution < 1.29 is 19.4 Å². The third-order valence-corrected chi connectivity index (χ3v) is 5.16. The van der Waals surface area contributed by atoms with Gasteiger partial charge in [0.2, 0.25) is 0 Å². The Morgan fingerprint density at radius 1 is 1.14 bits per heavy atom. The quantitative estimate of drug-likeness (QED) is 0.432. The molecule has 1 aliphatic rings. The highest BCUT2D eigenvalue weighted by atomic mass is 16.6. The van der Waals surface area contributed by atoms with E-state index in [1.165, 1.54) is 0 Å². The first-order valence-electron chi connectivity index (χ1n) is 10.5. The molecule has 0 unspecified atom stereocenters. The topological polar surface area (TPSA) is 55.8 Å². The van der Waals surface area contributed by atoms with Gasteiger partial charge in [-0.3, -0.25) is 0 Å². The van der Waals surface area contributed by atoms with E-state index in [1.54, 1.807) is 0 Å². The third-order valence-electron chi connectivity index (χ3n) is 5.16. The van der Waals surface area contributed by atoms with Crippen LogP contribution in [0, 0.1) is 17.8 Å². The summed E-state index contributed by atoms with van der Waals surface area (Å²) in [7, 11) is 0. The van der Waals surface area contributed by atoms with E-state index in [4.69, 9.17) is 9.47 Å². The number of rotatable bonds is 11. The zero-order valence-corrected chi connectivity index (χ0v) is 17.8. The van der Waals surface area contributed by atoms with Gasteiger partial charge < -0.3 is 14.6 Å². The monoisotopic (exact) mass is 388 g/mol. The van der Waals surface area contributed by atoms with Gasteiger partial charge >= 0.3 is 5.97 Å². The molecule has 4 heteroatoms. The zero-order chi connectivity index (χ0) is 20.6. The van der Waals surface area contributed by atoms with Crippen LogP contribution in [-0.2, 0) is 20.9 Å². The van der Waals surface area contributed by atoms with Crippen molar-refractivity contribution in [3.05, 3.63) is 47.5 Å². The molecule has 1 aliphatic heterocycles. The van der Waals surface area contributed by atoms with Crippen LogP contribution >= 0.6 is 0 Å². The maximum absolute atomic E-state index is 12.4. The lowest BCUT2D eigenvalue weighted by Gasteiger charge is -2.24. The van der Waals surface area contributed by atoms with Gasteiger partial charge in [-0.2, -0.15) is 0 Å².